The lowest BCUT2D eigenvalue weighted by molar-refractivity contribution is 0.669. The first kappa shape index (κ1) is 35.7. The number of aromatic nitrogens is 3. The summed E-state index contributed by atoms with van der Waals surface area (Å²) in [4.78, 5) is 16.0. The highest BCUT2D eigenvalue weighted by Crippen LogP contribution is 2.56. The Morgan fingerprint density at radius 1 is 0.306 bits per heavy atom. The molecule has 0 saturated carbocycles. The van der Waals surface area contributed by atoms with Gasteiger partial charge in [0.25, 0.3) is 0 Å². The topological polar surface area (TPSA) is 51.8 Å². The highest BCUT2D eigenvalue weighted by molar-refractivity contribution is 6.13. The van der Waals surface area contributed by atoms with Gasteiger partial charge in [-0.05, 0) is 86.0 Å². The number of furan rings is 1. The molecule has 0 radical (unpaired) electrons. The largest absolute Gasteiger partial charge is 0.456 e. The van der Waals surface area contributed by atoms with Crippen molar-refractivity contribution in [3.63, 3.8) is 0 Å². The van der Waals surface area contributed by atoms with Gasteiger partial charge in [-0.2, -0.15) is 0 Å². The van der Waals surface area contributed by atoms with Crippen LogP contribution >= 0.6 is 0 Å². The minimum Gasteiger partial charge on any atom is -0.456 e. The van der Waals surface area contributed by atoms with Gasteiger partial charge in [0, 0.05) is 27.5 Å². The molecule has 0 unspecified atom stereocenters. The van der Waals surface area contributed by atoms with Crippen LogP contribution in [0.5, 0.6) is 0 Å². The minimum atomic E-state index is -0.562. The fourth-order valence-electron chi connectivity index (χ4n) is 9.65. The van der Waals surface area contributed by atoms with Gasteiger partial charge in [0.2, 0.25) is 0 Å². The number of benzene rings is 9. The van der Waals surface area contributed by atoms with E-state index in [0.717, 1.165) is 66.4 Å². The summed E-state index contributed by atoms with van der Waals surface area (Å²) in [5, 5.41) is 1.98. The van der Waals surface area contributed by atoms with E-state index in [0.29, 0.717) is 17.5 Å². The van der Waals surface area contributed by atoms with Crippen LogP contribution in [0, 0.1) is 0 Å². The molecule has 0 saturated heterocycles. The number of hydrogen-bond donors (Lipinski definition) is 0. The van der Waals surface area contributed by atoms with Gasteiger partial charge >= 0.3 is 0 Å². The third-order valence-electron chi connectivity index (χ3n) is 12.4. The second-order valence-electron chi connectivity index (χ2n) is 15.9. The molecule has 0 aliphatic heterocycles. The van der Waals surface area contributed by atoms with Crippen molar-refractivity contribution in [1.29, 1.82) is 0 Å². The van der Waals surface area contributed by atoms with Gasteiger partial charge in [-0.3, -0.25) is 0 Å². The first-order chi connectivity index (χ1) is 30.7. The van der Waals surface area contributed by atoms with Crippen molar-refractivity contribution >= 4 is 21.9 Å². The van der Waals surface area contributed by atoms with Gasteiger partial charge in [0.05, 0.1) is 5.41 Å². The van der Waals surface area contributed by atoms with E-state index in [4.69, 9.17) is 19.4 Å². The summed E-state index contributed by atoms with van der Waals surface area (Å²) < 4.78 is 6.63. The van der Waals surface area contributed by atoms with E-state index in [1.54, 1.807) is 0 Å². The maximum atomic E-state index is 6.63. The van der Waals surface area contributed by atoms with E-state index in [1.807, 2.05) is 36.4 Å². The molecule has 62 heavy (non-hydrogen) atoms. The van der Waals surface area contributed by atoms with Crippen LogP contribution in [0.2, 0.25) is 0 Å². The molecule has 4 heteroatoms. The summed E-state index contributed by atoms with van der Waals surface area (Å²) in [7, 11) is 0. The summed E-state index contributed by atoms with van der Waals surface area (Å²) >= 11 is 0. The van der Waals surface area contributed by atoms with Crippen molar-refractivity contribution in [2.75, 3.05) is 0 Å². The molecule has 0 amide bonds. The maximum absolute atomic E-state index is 6.63. The summed E-state index contributed by atoms with van der Waals surface area (Å²) in [5.41, 5.74) is 15.5. The Morgan fingerprint density at radius 2 is 0.823 bits per heavy atom. The fraction of sp³-hybridized carbons (Fsp3) is 0.0172. The SMILES string of the molecule is c1ccc(-c2cccc(-c3cc(-c4nc(-c5ccccc5)nc(-c5cccc(C6(c7ccccc7)c7ccccc7-c7ccccc76)c5)n4)c4c(c3)oc3ccccc34)c2)cc1. The molecule has 1 aliphatic rings. The van der Waals surface area contributed by atoms with Gasteiger partial charge in [-0.1, -0.05) is 194 Å². The molecule has 0 spiro atoms. The van der Waals surface area contributed by atoms with Crippen molar-refractivity contribution in [2.24, 2.45) is 0 Å². The van der Waals surface area contributed by atoms with Crippen LogP contribution in [0.1, 0.15) is 22.3 Å². The van der Waals surface area contributed by atoms with Crippen molar-refractivity contribution in [3.05, 3.63) is 247 Å². The summed E-state index contributed by atoms with van der Waals surface area (Å²) in [6.07, 6.45) is 0. The summed E-state index contributed by atoms with van der Waals surface area (Å²) in [6.45, 7) is 0. The summed E-state index contributed by atoms with van der Waals surface area (Å²) in [6, 6.07) is 79.3. The van der Waals surface area contributed by atoms with Crippen LogP contribution in [0.4, 0.5) is 0 Å². The third-order valence-corrected chi connectivity index (χ3v) is 12.4. The number of nitrogens with zero attached hydrogens (tertiary/aromatic N) is 3. The first-order valence-electron chi connectivity index (χ1n) is 21.0. The number of para-hydroxylation sites is 1. The Morgan fingerprint density at radius 3 is 1.55 bits per heavy atom. The molecule has 11 aromatic rings. The molecule has 0 fully saturated rings. The third kappa shape index (κ3) is 5.72. The van der Waals surface area contributed by atoms with Gasteiger partial charge < -0.3 is 4.42 Å². The van der Waals surface area contributed by atoms with E-state index >= 15 is 0 Å². The zero-order chi connectivity index (χ0) is 41.0. The normalized spacial score (nSPS) is 12.6. The standard InChI is InChI=1S/C58H37N3O/c1-4-18-38(19-5-1)40-22-16-23-41(34-40)43-36-49(54-48-30-12-15-33-52(48)62-53(54)37-43)57-60-55(39-20-6-2-7-21-39)59-56(61-57)42-24-17-27-45(35-42)58(44-25-8-3-9-26-44)50-31-13-10-28-46(50)47-29-11-14-32-51(47)58/h1-37H. The van der Waals surface area contributed by atoms with E-state index in [-0.39, 0.29) is 0 Å². The maximum Gasteiger partial charge on any atom is 0.164 e. The van der Waals surface area contributed by atoms with Gasteiger partial charge in [-0.15, -0.1) is 0 Å². The van der Waals surface area contributed by atoms with Crippen LogP contribution in [0.25, 0.3) is 89.5 Å². The number of hydrogen-bond acceptors (Lipinski definition) is 4. The Hall–Kier alpha value is -8.21. The molecule has 9 aromatic carbocycles. The first-order valence-corrected chi connectivity index (χ1v) is 21.0. The van der Waals surface area contributed by atoms with Crippen molar-refractivity contribution < 1.29 is 4.42 Å². The second kappa shape index (κ2) is 14.5. The van der Waals surface area contributed by atoms with Crippen LogP contribution in [0.15, 0.2) is 229 Å². The van der Waals surface area contributed by atoms with Crippen molar-refractivity contribution in [1.82, 2.24) is 15.0 Å². The van der Waals surface area contributed by atoms with Gasteiger partial charge in [-0.25, -0.2) is 15.0 Å². The molecular weight excluding hydrogens is 755 g/mol. The second-order valence-corrected chi connectivity index (χ2v) is 15.9. The lowest BCUT2D eigenvalue weighted by Gasteiger charge is -2.34. The van der Waals surface area contributed by atoms with E-state index in [9.17, 15) is 0 Å². The molecule has 0 atom stereocenters. The van der Waals surface area contributed by atoms with Gasteiger partial charge in [0.1, 0.15) is 11.2 Å². The Balaban J connectivity index is 1.10. The molecule has 0 bridgehead atoms. The average molecular weight is 792 g/mol. The van der Waals surface area contributed by atoms with E-state index < -0.39 is 5.41 Å². The average Bonchev–Trinajstić information content (AvgIpc) is 3.88. The van der Waals surface area contributed by atoms with Crippen LogP contribution in [-0.2, 0) is 5.41 Å². The smallest absolute Gasteiger partial charge is 0.164 e. The summed E-state index contributed by atoms with van der Waals surface area (Å²) in [5.74, 6) is 1.77. The lowest BCUT2D eigenvalue weighted by Crippen LogP contribution is -2.28. The predicted octanol–water partition coefficient (Wildman–Crippen LogP) is 14.5. The van der Waals surface area contributed by atoms with Crippen LogP contribution < -0.4 is 0 Å². The monoisotopic (exact) mass is 791 g/mol. The number of rotatable bonds is 7. The Bertz CT molecular complexity index is 3420. The molecule has 12 rings (SSSR count). The Kier molecular flexibility index (Phi) is 8.36. The highest BCUT2D eigenvalue weighted by Gasteiger charge is 2.46. The molecule has 290 valence electrons. The van der Waals surface area contributed by atoms with Crippen LogP contribution in [0.3, 0.4) is 0 Å². The Labute approximate surface area is 359 Å². The highest BCUT2D eigenvalue weighted by atomic mass is 16.3. The zero-order valence-corrected chi connectivity index (χ0v) is 33.6. The predicted molar refractivity (Wildman–Crippen MR) is 252 cm³/mol. The lowest BCUT2D eigenvalue weighted by atomic mass is 9.67. The molecule has 1 aliphatic carbocycles. The van der Waals surface area contributed by atoms with Crippen molar-refractivity contribution in [3.8, 4) is 67.5 Å². The molecule has 2 heterocycles. The minimum absolute atomic E-state index is 0.562. The molecule has 0 N–H and O–H groups in total. The quantitative estimate of drug-likeness (QED) is 0.161. The molecular formula is C58H37N3O. The van der Waals surface area contributed by atoms with Crippen molar-refractivity contribution in [2.45, 2.75) is 5.41 Å². The molecule has 2 aromatic heterocycles. The molecule has 4 nitrogen and oxygen atoms in total. The van der Waals surface area contributed by atoms with Crippen LogP contribution in [-0.4, -0.2) is 15.0 Å². The fourth-order valence-corrected chi connectivity index (χ4v) is 9.65. The number of fused-ring (bicyclic) bond motifs is 6. The zero-order valence-electron chi connectivity index (χ0n) is 33.6. The van der Waals surface area contributed by atoms with Gasteiger partial charge in [0.15, 0.2) is 17.5 Å². The van der Waals surface area contributed by atoms with E-state index in [2.05, 4.69) is 188 Å². The van der Waals surface area contributed by atoms with E-state index in [1.165, 1.54) is 27.8 Å².